The van der Waals surface area contributed by atoms with Crippen molar-refractivity contribution in [2.24, 2.45) is 5.41 Å². The predicted molar refractivity (Wildman–Crippen MR) is 106 cm³/mol. The summed E-state index contributed by atoms with van der Waals surface area (Å²) in [6.07, 6.45) is 4.73. The van der Waals surface area contributed by atoms with E-state index in [2.05, 4.69) is 4.98 Å². The number of ether oxygens (including phenoxy) is 1. The highest BCUT2D eigenvalue weighted by Crippen LogP contribution is 2.52. The number of pyridine rings is 1. The zero-order valence-corrected chi connectivity index (χ0v) is 16.4. The molecular formula is C23H26N2O3. The number of nitrogens with zero attached hydrogens (tertiary/aromatic N) is 2. The fraction of sp³-hybridized carbons (Fsp3) is 0.435. The van der Waals surface area contributed by atoms with Crippen LogP contribution in [0.4, 0.5) is 0 Å². The average Bonchev–Trinajstić information content (AvgIpc) is 3.25. The molecule has 3 atom stereocenters. The zero-order valence-electron chi connectivity index (χ0n) is 16.4. The number of fused-ring (bicyclic) bond motifs is 2. The Morgan fingerprint density at radius 3 is 2.68 bits per heavy atom. The van der Waals surface area contributed by atoms with E-state index in [0.29, 0.717) is 25.0 Å². The second kappa shape index (κ2) is 7.38. The molecule has 2 fully saturated rings. The molecule has 2 aromatic rings. The Balaban J connectivity index is 1.70. The van der Waals surface area contributed by atoms with E-state index in [1.165, 1.54) is 0 Å². The average molecular weight is 378 g/mol. The SMILES string of the molecule is CCOC(=O)[C@@]1(Cc2ccccc2)C[C@H]2CC[C@@H]1N2C(=O)c1cccnc1C. The summed E-state index contributed by atoms with van der Waals surface area (Å²) in [5.74, 6) is -0.191. The van der Waals surface area contributed by atoms with Gasteiger partial charge in [0.1, 0.15) is 0 Å². The Hall–Kier alpha value is -2.69. The van der Waals surface area contributed by atoms with Crippen molar-refractivity contribution in [3.05, 3.63) is 65.5 Å². The quantitative estimate of drug-likeness (QED) is 0.747. The van der Waals surface area contributed by atoms with Gasteiger partial charge < -0.3 is 9.64 Å². The molecule has 5 heteroatoms. The number of aromatic nitrogens is 1. The minimum atomic E-state index is -0.675. The third-order valence-corrected chi connectivity index (χ3v) is 6.26. The molecule has 0 radical (unpaired) electrons. The van der Waals surface area contributed by atoms with Gasteiger partial charge in [0.15, 0.2) is 0 Å². The molecule has 2 saturated heterocycles. The molecule has 0 saturated carbocycles. The van der Waals surface area contributed by atoms with Crippen molar-refractivity contribution in [1.82, 2.24) is 9.88 Å². The first kappa shape index (κ1) is 18.7. The number of amides is 1. The van der Waals surface area contributed by atoms with Gasteiger partial charge in [-0.15, -0.1) is 0 Å². The van der Waals surface area contributed by atoms with Crippen LogP contribution in [0.25, 0.3) is 0 Å². The number of carbonyl (C=O) groups is 2. The second-order valence-corrected chi connectivity index (χ2v) is 7.84. The molecule has 4 rings (SSSR count). The van der Waals surface area contributed by atoms with Gasteiger partial charge in [-0.2, -0.15) is 0 Å². The van der Waals surface area contributed by atoms with Crippen molar-refractivity contribution >= 4 is 11.9 Å². The molecule has 0 unspecified atom stereocenters. The number of hydrogen-bond acceptors (Lipinski definition) is 4. The summed E-state index contributed by atoms with van der Waals surface area (Å²) in [5, 5.41) is 0. The Kier molecular flexibility index (Phi) is 4.92. The summed E-state index contributed by atoms with van der Waals surface area (Å²) in [6, 6.07) is 13.6. The fourth-order valence-corrected chi connectivity index (χ4v) is 5.06. The molecular weight excluding hydrogens is 352 g/mol. The van der Waals surface area contributed by atoms with Gasteiger partial charge >= 0.3 is 5.97 Å². The molecule has 1 aromatic heterocycles. The molecule has 1 aromatic carbocycles. The highest BCUT2D eigenvalue weighted by Gasteiger charge is 2.62. The van der Waals surface area contributed by atoms with Crippen molar-refractivity contribution in [2.75, 3.05) is 6.61 Å². The summed E-state index contributed by atoms with van der Waals surface area (Å²) >= 11 is 0. The molecule has 2 bridgehead atoms. The maximum absolute atomic E-state index is 13.4. The van der Waals surface area contributed by atoms with Crippen LogP contribution in [0.15, 0.2) is 48.7 Å². The molecule has 0 aliphatic carbocycles. The topological polar surface area (TPSA) is 59.5 Å². The Bertz CT molecular complexity index is 882. The molecule has 1 amide bonds. The lowest BCUT2D eigenvalue weighted by molar-refractivity contribution is -0.157. The van der Waals surface area contributed by atoms with Gasteiger partial charge in [0.25, 0.3) is 5.91 Å². The standard InChI is InChI=1S/C23H26N2O3/c1-3-28-22(27)23(14-17-8-5-4-6-9-17)15-18-11-12-20(23)25(18)21(26)19-10-7-13-24-16(19)2/h4-10,13,18,20H,3,11-12,14-15H2,1-2H3/t18-,20+,23+/m1/s1. The van der Waals surface area contributed by atoms with E-state index in [1.807, 2.05) is 55.1 Å². The lowest BCUT2D eigenvalue weighted by Crippen LogP contribution is -2.47. The van der Waals surface area contributed by atoms with Crippen molar-refractivity contribution in [1.29, 1.82) is 0 Å². The predicted octanol–water partition coefficient (Wildman–Crippen LogP) is 3.56. The maximum Gasteiger partial charge on any atom is 0.314 e. The van der Waals surface area contributed by atoms with Gasteiger partial charge in [-0.25, -0.2) is 0 Å². The van der Waals surface area contributed by atoms with Crippen LogP contribution in [0.2, 0.25) is 0 Å². The van der Waals surface area contributed by atoms with Crippen molar-refractivity contribution in [3.63, 3.8) is 0 Å². The van der Waals surface area contributed by atoms with Gasteiger partial charge in [0.05, 0.1) is 17.6 Å². The lowest BCUT2D eigenvalue weighted by atomic mass is 9.70. The third kappa shape index (κ3) is 2.99. The van der Waals surface area contributed by atoms with Crippen LogP contribution in [0.5, 0.6) is 0 Å². The summed E-state index contributed by atoms with van der Waals surface area (Å²) in [5.41, 5.74) is 1.78. The van der Waals surface area contributed by atoms with E-state index >= 15 is 0 Å². The summed E-state index contributed by atoms with van der Waals surface area (Å²) in [7, 11) is 0. The molecule has 2 aliphatic rings. The van der Waals surface area contributed by atoms with E-state index < -0.39 is 5.41 Å². The van der Waals surface area contributed by atoms with Gasteiger partial charge in [-0.1, -0.05) is 30.3 Å². The van der Waals surface area contributed by atoms with Crippen molar-refractivity contribution in [2.45, 2.75) is 51.6 Å². The molecule has 3 heterocycles. The maximum atomic E-state index is 13.4. The van der Waals surface area contributed by atoms with Crippen LogP contribution in [-0.4, -0.2) is 40.5 Å². The monoisotopic (exact) mass is 378 g/mol. The summed E-state index contributed by atoms with van der Waals surface area (Å²) < 4.78 is 5.52. The van der Waals surface area contributed by atoms with Crippen LogP contribution in [0.3, 0.4) is 0 Å². The smallest absolute Gasteiger partial charge is 0.314 e. The summed E-state index contributed by atoms with van der Waals surface area (Å²) in [4.78, 5) is 32.8. The van der Waals surface area contributed by atoms with E-state index in [0.717, 1.165) is 24.1 Å². The first-order valence-electron chi connectivity index (χ1n) is 10.0. The van der Waals surface area contributed by atoms with Gasteiger partial charge in [-0.05, 0) is 57.2 Å². The van der Waals surface area contributed by atoms with Crippen LogP contribution in [0.1, 0.15) is 47.8 Å². The molecule has 5 nitrogen and oxygen atoms in total. The number of esters is 1. The lowest BCUT2D eigenvalue weighted by Gasteiger charge is -2.35. The summed E-state index contributed by atoms with van der Waals surface area (Å²) in [6.45, 7) is 4.04. The fourth-order valence-electron chi connectivity index (χ4n) is 5.06. The van der Waals surface area contributed by atoms with E-state index in [-0.39, 0.29) is 24.0 Å². The van der Waals surface area contributed by atoms with Gasteiger partial charge in [0, 0.05) is 24.0 Å². The van der Waals surface area contributed by atoms with E-state index in [1.54, 1.807) is 12.3 Å². The molecule has 0 N–H and O–H groups in total. The number of carbonyl (C=O) groups excluding carboxylic acids is 2. The van der Waals surface area contributed by atoms with Gasteiger partial charge in [0.2, 0.25) is 0 Å². The van der Waals surface area contributed by atoms with Crippen molar-refractivity contribution in [3.8, 4) is 0 Å². The normalized spacial score (nSPS) is 25.7. The molecule has 0 spiro atoms. The Morgan fingerprint density at radius 1 is 1.18 bits per heavy atom. The number of rotatable bonds is 5. The van der Waals surface area contributed by atoms with Crippen LogP contribution in [0, 0.1) is 12.3 Å². The highest BCUT2D eigenvalue weighted by atomic mass is 16.5. The number of aryl methyl sites for hydroxylation is 1. The Labute approximate surface area is 165 Å². The molecule has 2 aliphatic heterocycles. The van der Waals surface area contributed by atoms with E-state index in [9.17, 15) is 9.59 Å². The first-order valence-corrected chi connectivity index (χ1v) is 10.0. The van der Waals surface area contributed by atoms with Crippen molar-refractivity contribution < 1.29 is 14.3 Å². The van der Waals surface area contributed by atoms with Crippen LogP contribution in [-0.2, 0) is 16.0 Å². The highest BCUT2D eigenvalue weighted by molar-refractivity contribution is 5.97. The Morgan fingerprint density at radius 2 is 1.96 bits per heavy atom. The van der Waals surface area contributed by atoms with E-state index in [4.69, 9.17) is 4.74 Å². The second-order valence-electron chi connectivity index (χ2n) is 7.84. The minimum Gasteiger partial charge on any atom is -0.465 e. The molecule has 146 valence electrons. The van der Waals surface area contributed by atoms with Crippen LogP contribution < -0.4 is 0 Å². The van der Waals surface area contributed by atoms with Gasteiger partial charge in [-0.3, -0.25) is 14.6 Å². The third-order valence-electron chi connectivity index (χ3n) is 6.26. The minimum absolute atomic E-state index is 0.0164. The zero-order chi connectivity index (χ0) is 19.7. The van der Waals surface area contributed by atoms with Crippen LogP contribution >= 0.6 is 0 Å². The largest absolute Gasteiger partial charge is 0.465 e. The molecule has 28 heavy (non-hydrogen) atoms. The number of benzene rings is 1. The first-order chi connectivity index (χ1) is 13.6. The number of hydrogen-bond donors (Lipinski definition) is 0.